The summed E-state index contributed by atoms with van der Waals surface area (Å²) in [4.78, 5) is 24.9. The number of nitrogens with zero attached hydrogens (tertiary/aromatic N) is 1. The van der Waals surface area contributed by atoms with Crippen LogP contribution in [0, 0.1) is 27.7 Å². The van der Waals surface area contributed by atoms with Crippen LogP contribution in [0.5, 0.6) is 0 Å². The van der Waals surface area contributed by atoms with E-state index in [1.165, 1.54) is 17.7 Å². The third-order valence-electron chi connectivity index (χ3n) is 4.31. The summed E-state index contributed by atoms with van der Waals surface area (Å²) in [6, 6.07) is 4.11. The Kier molecular flexibility index (Phi) is 5.84. The van der Waals surface area contributed by atoms with Crippen molar-refractivity contribution in [2.24, 2.45) is 0 Å². The molecule has 29 heavy (non-hydrogen) atoms. The fourth-order valence-corrected chi connectivity index (χ4v) is 3.56. The number of hydrogen-bond donors (Lipinski definition) is 1. The van der Waals surface area contributed by atoms with E-state index >= 15 is 0 Å². The van der Waals surface area contributed by atoms with Crippen molar-refractivity contribution in [3.05, 3.63) is 56.5 Å². The molecule has 0 bridgehead atoms. The lowest BCUT2D eigenvalue weighted by Crippen LogP contribution is -2.31. The Balaban J connectivity index is 2.78. The van der Waals surface area contributed by atoms with E-state index in [9.17, 15) is 31.2 Å². The molecule has 0 saturated heterocycles. The quantitative estimate of drug-likeness (QED) is 0.750. The van der Waals surface area contributed by atoms with Crippen molar-refractivity contribution >= 4 is 21.7 Å². The fourth-order valence-electron chi connectivity index (χ4n) is 2.93. The number of benzene rings is 1. The minimum Gasteiger partial charge on any atom is -0.465 e. The molecule has 0 amide bonds. The highest BCUT2D eigenvalue weighted by atomic mass is 32.2. The minimum atomic E-state index is -5.65. The first kappa shape index (κ1) is 22.5. The highest BCUT2D eigenvalue weighted by Gasteiger charge is 2.46. The van der Waals surface area contributed by atoms with Crippen molar-refractivity contribution < 1.29 is 31.1 Å². The average Bonchev–Trinajstić information content (AvgIpc) is 2.56. The van der Waals surface area contributed by atoms with Crippen LogP contribution in [-0.2, 0) is 14.8 Å². The van der Waals surface area contributed by atoms with Gasteiger partial charge < -0.3 is 4.74 Å². The Morgan fingerprint density at radius 3 is 2.14 bits per heavy atom. The zero-order chi connectivity index (χ0) is 22.3. The molecule has 0 spiro atoms. The lowest BCUT2D eigenvalue weighted by molar-refractivity contribution is -0.0429. The molecular weight excluding hydrogens is 413 g/mol. The monoisotopic (exact) mass is 432 g/mol. The van der Waals surface area contributed by atoms with Gasteiger partial charge in [-0.1, -0.05) is 6.07 Å². The van der Waals surface area contributed by atoms with Crippen molar-refractivity contribution in [2.45, 2.75) is 33.2 Å². The molecular formula is C18H19F3N2O5S. The largest absolute Gasteiger partial charge is 0.516 e. The number of esters is 1. The smallest absolute Gasteiger partial charge is 0.465 e. The van der Waals surface area contributed by atoms with Crippen LogP contribution in [-0.4, -0.2) is 31.6 Å². The Bertz CT molecular complexity index is 1150. The molecule has 2 rings (SSSR count). The van der Waals surface area contributed by atoms with Gasteiger partial charge in [0.1, 0.15) is 5.56 Å². The first-order valence-electron chi connectivity index (χ1n) is 8.23. The van der Waals surface area contributed by atoms with Crippen LogP contribution in [0.3, 0.4) is 0 Å². The summed E-state index contributed by atoms with van der Waals surface area (Å²) in [6.07, 6.45) is 0. The molecule has 0 aliphatic carbocycles. The summed E-state index contributed by atoms with van der Waals surface area (Å²) in [5.41, 5.74) is -5.18. The Morgan fingerprint density at radius 1 is 1.03 bits per heavy atom. The number of pyridine rings is 1. The van der Waals surface area contributed by atoms with Crippen molar-refractivity contribution in [3.8, 4) is 5.69 Å². The molecule has 11 heteroatoms. The van der Waals surface area contributed by atoms with E-state index in [4.69, 9.17) is 0 Å². The van der Waals surface area contributed by atoms with Gasteiger partial charge in [-0.25, -0.2) is 4.79 Å². The average molecular weight is 432 g/mol. The summed E-state index contributed by atoms with van der Waals surface area (Å²) >= 11 is 0. The summed E-state index contributed by atoms with van der Waals surface area (Å²) in [5.74, 6) is -0.857. The predicted molar refractivity (Wildman–Crippen MR) is 101 cm³/mol. The molecule has 0 aliphatic rings. The van der Waals surface area contributed by atoms with Gasteiger partial charge in [-0.2, -0.15) is 21.6 Å². The van der Waals surface area contributed by atoms with Gasteiger partial charge in [-0.3, -0.25) is 14.1 Å². The standard InChI is InChI=1S/C18H19F3N2O5S/c1-9-6-10(2)14(8-13(9)22-29(26,27)18(19,20)21)23-12(4)7-11(3)15(16(23)24)17(25)28-5/h6-8,22H,1-5H3. The molecule has 1 N–H and O–H groups in total. The highest BCUT2D eigenvalue weighted by molar-refractivity contribution is 7.93. The van der Waals surface area contributed by atoms with Crippen molar-refractivity contribution in [1.82, 2.24) is 4.57 Å². The van der Waals surface area contributed by atoms with E-state index in [1.807, 2.05) is 0 Å². The number of rotatable bonds is 4. The first-order chi connectivity index (χ1) is 13.2. The van der Waals surface area contributed by atoms with E-state index in [2.05, 4.69) is 4.74 Å². The molecule has 1 aromatic carbocycles. The number of hydrogen-bond acceptors (Lipinski definition) is 5. The molecule has 0 fully saturated rings. The van der Waals surface area contributed by atoms with Crippen LogP contribution in [0.2, 0.25) is 0 Å². The molecule has 7 nitrogen and oxygen atoms in total. The molecule has 2 aromatic rings. The molecule has 0 atom stereocenters. The summed E-state index contributed by atoms with van der Waals surface area (Å²) < 4.78 is 68.5. The van der Waals surface area contributed by atoms with Crippen LogP contribution in [0.15, 0.2) is 23.0 Å². The van der Waals surface area contributed by atoms with Gasteiger partial charge in [0.05, 0.1) is 18.5 Å². The lowest BCUT2D eigenvalue weighted by atomic mass is 10.1. The summed E-state index contributed by atoms with van der Waals surface area (Å²) in [5, 5.41) is 0. The van der Waals surface area contributed by atoms with Crippen molar-refractivity contribution in [3.63, 3.8) is 0 Å². The van der Waals surface area contributed by atoms with Gasteiger partial charge in [0.2, 0.25) is 0 Å². The van der Waals surface area contributed by atoms with E-state index < -0.39 is 27.1 Å². The number of aromatic nitrogens is 1. The number of aryl methyl sites for hydroxylation is 4. The van der Waals surface area contributed by atoms with Gasteiger partial charge in [0.25, 0.3) is 5.56 Å². The number of carbonyl (C=O) groups is 1. The molecule has 0 radical (unpaired) electrons. The van der Waals surface area contributed by atoms with Crippen LogP contribution in [0.4, 0.5) is 18.9 Å². The number of sulfonamides is 1. The van der Waals surface area contributed by atoms with Crippen LogP contribution >= 0.6 is 0 Å². The fraction of sp³-hybridized carbons (Fsp3) is 0.333. The zero-order valence-corrected chi connectivity index (χ0v) is 17.1. The minimum absolute atomic E-state index is 0.128. The maximum absolute atomic E-state index is 12.9. The second-order valence-corrected chi connectivity index (χ2v) is 8.15. The number of nitrogens with one attached hydrogen (secondary N) is 1. The zero-order valence-electron chi connectivity index (χ0n) is 16.3. The number of ether oxygens (including phenoxy) is 1. The van der Waals surface area contributed by atoms with Gasteiger partial charge in [-0.05, 0) is 56.5 Å². The Morgan fingerprint density at radius 2 is 1.62 bits per heavy atom. The van der Waals surface area contributed by atoms with E-state index in [0.717, 1.165) is 17.7 Å². The number of carbonyl (C=O) groups excluding carboxylic acids is 1. The molecule has 1 heterocycles. The number of methoxy groups -OCH3 is 1. The molecule has 0 saturated carbocycles. The van der Waals surface area contributed by atoms with Gasteiger partial charge >= 0.3 is 21.5 Å². The maximum atomic E-state index is 12.9. The number of halogens is 3. The summed E-state index contributed by atoms with van der Waals surface area (Å²) in [6.45, 7) is 6.16. The SMILES string of the molecule is COC(=O)c1c(C)cc(C)n(-c2cc(NS(=O)(=O)C(F)(F)F)c(C)cc2C)c1=O. The third kappa shape index (κ3) is 4.14. The van der Waals surface area contributed by atoms with Crippen LogP contribution in [0.1, 0.15) is 32.7 Å². The number of anilines is 1. The molecule has 158 valence electrons. The van der Waals surface area contributed by atoms with Gasteiger partial charge in [0.15, 0.2) is 0 Å². The van der Waals surface area contributed by atoms with E-state index in [0.29, 0.717) is 16.8 Å². The van der Waals surface area contributed by atoms with Crippen molar-refractivity contribution in [2.75, 3.05) is 11.8 Å². The normalized spacial score (nSPS) is 12.0. The second-order valence-electron chi connectivity index (χ2n) is 6.48. The third-order valence-corrected chi connectivity index (χ3v) is 5.41. The molecule has 1 aromatic heterocycles. The predicted octanol–water partition coefficient (Wildman–Crippen LogP) is 3.12. The van der Waals surface area contributed by atoms with E-state index in [1.54, 1.807) is 26.8 Å². The highest BCUT2D eigenvalue weighted by Crippen LogP contribution is 2.30. The van der Waals surface area contributed by atoms with Crippen LogP contribution < -0.4 is 10.3 Å². The lowest BCUT2D eigenvalue weighted by Gasteiger charge is -2.19. The number of alkyl halides is 3. The maximum Gasteiger partial charge on any atom is 0.516 e. The second kappa shape index (κ2) is 7.54. The van der Waals surface area contributed by atoms with E-state index in [-0.39, 0.29) is 22.5 Å². The van der Waals surface area contributed by atoms with Crippen molar-refractivity contribution in [1.29, 1.82) is 0 Å². The Labute approximate surface area is 165 Å². The van der Waals surface area contributed by atoms with Gasteiger partial charge in [0, 0.05) is 5.69 Å². The molecule has 0 unspecified atom stereocenters. The molecule has 0 aliphatic heterocycles. The summed E-state index contributed by atoms with van der Waals surface area (Å²) in [7, 11) is -4.53. The van der Waals surface area contributed by atoms with Gasteiger partial charge in [-0.15, -0.1) is 0 Å². The topological polar surface area (TPSA) is 94.5 Å². The first-order valence-corrected chi connectivity index (χ1v) is 9.72. The Hall–Kier alpha value is -2.82. The van der Waals surface area contributed by atoms with Crippen LogP contribution in [0.25, 0.3) is 5.69 Å².